The van der Waals surface area contributed by atoms with Gasteiger partial charge in [0, 0.05) is 6.54 Å². The van der Waals surface area contributed by atoms with E-state index in [2.05, 4.69) is 5.32 Å². The van der Waals surface area contributed by atoms with Crippen molar-refractivity contribution < 1.29 is 14.3 Å². The average Bonchev–Trinajstić information content (AvgIpc) is 2.37. The number of nitrogens with zero attached hydrogens (tertiary/aromatic N) is 1. The molecule has 1 aromatic carbocycles. The highest BCUT2D eigenvalue weighted by Crippen LogP contribution is 2.11. The number of ether oxygens (including phenoxy) is 2. The summed E-state index contributed by atoms with van der Waals surface area (Å²) in [5.41, 5.74) is 0.118. The van der Waals surface area contributed by atoms with Crippen LogP contribution >= 0.6 is 0 Å². The zero-order valence-electron chi connectivity index (χ0n) is 12.1. The molecule has 0 aliphatic heterocycles. The Balaban J connectivity index is 2.16. The zero-order valence-corrected chi connectivity index (χ0v) is 12.1. The van der Waals surface area contributed by atoms with Gasteiger partial charge in [-0.3, -0.25) is 0 Å². The number of amides is 1. The van der Waals surface area contributed by atoms with Gasteiger partial charge in [-0.25, -0.2) is 4.79 Å². The summed E-state index contributed by atoms with van der Waals surface area (Å²) in [6.07, 6.45) is 0.259. The van der Waals surface area contributed by atoms with Gasteiger partial charge in [0.15, 0.2) is 0 Å². The molecule has 0 saturated carbocycles. The minimum absolute atomic E-state index is 0.420. The van der Waals surface area contributed by atoms with Crippen molar-refractivity contribution in [2.75, 3.05) is 13.2 Å². The number of carbonyl (C=O) groups is 1. The fraction of sp³-hybridized carbons (Fsp3) is 0.467. The number of rotatable bonds is 5. The monoisotopic (exact) mass is 276 g/mol. The van der Waals surface area contributed by atoms with Gasteiger partial charge in [0.2, 0.25) is 0 Å². The van der Waals surface area contributed by atoms with Crippen molar-refractivity contribution in [3.05, 3.63) is 29.8 Å². The first-order valence-electron chi connectivity index (χ1n) is 6.50. The van der Waals surface area contributed by atoms with Gasteiger partial charge >= 0.3 is 6.09 Å². The predicted molar refractivity (Wildman–Crippen MR) is 75.5 cm³/mol. The minimum atomic E-state index is -0.483. The summed E-state index contributed by atoms with van der Waals surface area (Å²) in [7, 11) is 0. The van der Waals surface area contributed by atoms with Crippen LogP contribution in [0.3, 0.4) is 0 Å². The highest BCUT2D eigenvalue weighted by molar-refractivity contribution is 5.67. The molecule has 0 unspecified atom stereocenters. The van der Waals surface area contributed by atoms with Crippen LogP contribution in [-0.2, 0) is 4.74 Å². The Morgan fingerprint density at radius 2 is 1.95 bits per heavy atom. The number of benzene rings is 1. The molecule has 1 amide bonds. The largest absolute Gasteiger partial charge is 0.494 e. The number of hydrogen-bond donors (Lipinski definition) is 1. The summed E-state index contributed by atoms with van der Waals surface area (Å²) < 4.78 is 10.6. The lowest BCUT2D eigenvalue weighted by Gasteiger charge is -2.19. The maximum atomic E-state index is 11.4. The number of hydrogen-bond acceptors (Lipinski definition) is 4. The second-order valence-electron chi connectivity index (χ2n) is 5.27. The lowest BCUT2D eigenvalue weighted by atomic mass is 10.2. The van der Waals surface area contributed by atoms with E-state index in [1.807, 2.05) is 26.8 Å². The van der Waals surface area contributed by atoms with E-state index >= 15 is 0 Å². The highest BCUT2D eigenvalue weighted by atomic mass is 16.6. The van der Waals surface area contributed by atoms with Crippen molar-refractivity contribution in [2.45, 2.75) is 32.8 Å². The molecule has 0 saturated heterocycles. The molecule has 1 rings (SSSR count). The van der Waals surface area contributed by atoms with E-state index in [0.717, 1.165) is 0 Å². The Kier molecular flexibility index (Phi) is 5.85. The lowest BCUT2D eigenvalue weighted by molar-refractivity contribution is 0.0525. The van der Waals surface area contributed by atoms with E-state index in [4.69, 9.17) is 14.7 Å². The van der Waals surface area contributed by atoms with Crippen LogP contribution in [0.1, 0.15) is 32.8 Å². The zero-order chi connectivity index (χ0) is 15.0. The smallest absolute Gasteiger partial charge is 0.407 e. The molecule has 0 bridgehead atoms. The van der Waals surface area contributed by atoms with Crippen molar-refractivity contribution >= 4 is 6.09 Å². The van der Waals surface area contributed by atoms with Gasteiger partial charge in [-0.1, -0.05) is 0 Å². The maximum Gasteiger partial charge on any atom is 0.407 e. The molecular formula is C15H20N2O3. The van der Waals surface area contributed by atoms with Crippen LogP contribution in [0, 0.1) is 11.3 Å². The van der Waals surface area contributed by atoms with Crippen LogP contribution in [0.25, 0.3) is 0 Å². The third-order valence-electron chi connectivity index (χ3n) is 2.24. The normalized spacial score (nSPS) is 10.5. The molecule has 0 aliphatic rings. The van der Waals surface area contributed by atoms with E-state index < -0.39 is 11.7 Å². The van der Waals surface area contributed by atoms with E-state index in [9.17, 15) is 4.79 Å². The third-order valence-corrected chi connectivity index (χ3v) is 2.24. The quantitative estimate of drug-likeness (QED) is 0.839. The molecule has 1 aromatic rings. The summed E-state index contributed by atoms with van der Waals surface area (Å²) in [5.74, 6) is 0.710. The molecule has 0 aliphatic carbocycles. The summed E-state index contributed by atoms with van der Waals surface area (Å²) >= 11 is 0. The second kappa shape index (κ2) is 7.39. The maximum absolute atomic E-state index is 11.4. The Bertz CT molecular complexity index is 469. The fourth-order valence-electron chi connectivity index (χ4n) is 1.39. The van der Waals surface area contributed by atoms with Gasteiger partial charge < -0.3 is 14.8 Å². The van der Waals surface area contributed by atoms with Crippen LogP contribution in [0.2, 0.25) is 0 Å². The molecular weight excluding hydrogens is 256 g/mol. The van der Waals surface area contributed by atoms with Crippen LogP contribution in [0.4, 0.5) is 4.79 Å². The molecule has 20 heavy (non-hydrogen) atoms. The van der Waals surface area contributed by atoms with Crippen LogP contribution in [0.5, 0.6) is 5.75 Å². The molecule has 5 nitrogen and oxygen atoms in total. The van der Waals surface area contributed by atoms with E-state index in [-0.39, 0.29) is 0 Å². The van der Waals surface area contributed by atoms with Crippen molar-refractivity contribution in [1.29, 1.82) is 5.26 Å². The number of carbonyl (C=O) groups excluding carboxylic acids is 1. The third kappa shape index (κ3) is 6.64. The van der Waals surface area contributed by atoms with E-state index in [1.165, 1.54) is 0 Å². The van der Waals surface area contributed by atoms with E-state index in [0.29, 0.717) is 30.9 Å². The minimum Gasteiger partial charge on any atom is -0.494 e. The van der Waals surface area contributed by atoms with Crippen molar-refractivity contribution in [3.63, 3.8) is 0 Å². The van der Waals surface area contributed by atoms with E-state index in [1.54, 1.807) is 24.3 Å². The summed E-state index contributed by atoms with van der Waals surface area (Å²) in [6, 6.07) is 8.95. The van der Waals surface area contributed by atoms with Crippen LogP contribution in [0.15, 0.2) is 24.3 Å². The Morgan fingerprint density at radius 3 is 2.50 bits per heavy atom. The van der Waals surface area contributed by atoms with Gasteiger partial charge in [0.05, 0.1) is 18.2 Å². The number of alkyl carbamates (subject to hydrolysis) is 1. The fourth-order valence-corrected chi connectivity index (χ4v) is 1.39. The summed E-state index contributed by atoms with van der Waals surface area (Å²) in [4.78, 5) is 11.4. The van der Waals surface area contributed by atoms with Crippen molar-refractivity contribution in [3.8, 4) is 11.8 Å². The van der Waals surface area contributed by atoms with Crippen molar-refractivity contribution in [2.24, 2.45) is 0 Å². The Hall–Kier alpha value is -2.22. The van der Waals surface area contributed by atoms with Gasteiger partial charge in [-0.2, -0.15) is 5.26 Å². The van der Waals surface area contributed by atoms with Gasteiger partial charge in [-0.05, 0) is 51.5 Å². The van der Waals surface area contributed by atoms with Crippen LogP contribution < -0.4 is 10.1 Å². The molecule has 0 heterocycles. The molecule has 5 heteroatoms. The topological polar surface area (TPSA) is 71.3 Å². The SMILES string of the molecule is CC(C)(C)OC(=O)NCCCOc1ccc(C#N)cc1. The number of nitrogens with one attached hydrogen (secondary N) is 1. The lowest BCUT2D eigenvalue weighted by Crippen LogP contribution is -2.33. The second-order valence-corrected chi connectivity index (χ2v) is 5.27. The first kappa shape index (κ1) is 15.8. The highest BCUT2D eigenvalue weighted by Gasteiger charge is 2.15. The van der Waals surface area contributed by atoms with Crippen molar-refractivity contribution in [1.82, 2.24) is 5.32 Å². The molecule has 108 valence electrons. The van der Waals surface area contributed by atoms with Gasteiger partial charge in [0.1, 0.15) is 11.4 Å². The molecule has 0 fully saturated rings. The standard InChI is InChI=1S/C15H20N2O3/c1-15(2,3)20-14(18)17-9-4-10-19-13-7-5-12(11-16)6-8-13/h5-8H,4,9-10H2,1-3H3,(H,17,18). The first-order valence-corrected chi connectivity index (χ1v) is 6.50. The molecule has 0 atom stereocenters. The molecule has 0 spiro atoms. The Labute approximate surface area is 119 Å². The number of nitriles is 1. The average molecular weight is 276 g/mol. The molecule has 0 radical (unpaired) electrons. The summed E-state index contributed by atoms with van der Waals surface area (Å²) in [5, 5.41) is 11.3. The summed E-state index contributed by atoms with van der Waals surface area (Å²) in [6.45, 7) is 6.44. The van der Waals surface area contributed by atoms with Crippen LogP contribution in [-0.4, -0.2) is 24.8 Å². The molecule has 0 aromatic heterocycles. The Morgan fingerprint density at radius 1 is 1.30 bits per heavy atom. The van der Waals surface area contributed by atoms with Gasteiger partial charge in [0.25, 0.3) is 0 Å². The molecule has 1 N–H and O–H groups in total. The predicted octanol–water partition coefficient (Wildman–Crippen LogP) is 2.85. The first-order chi connectivity index (χ1) is 9.40. The van der Waals surface area contributed by atoms with Gasteiger partial charge in [-0.15, -0.1) is 0 Å².